The van der Waals surface area contributed by atoms with Crippen LogP contribution in [0.2, 0.25) is 0 Å². The standard InChI is InChI=1S/C16H18N2O3S/c1-10-7-15(19)21-14-8-11(4-5-13(10)14)18-16(22)17-9-12-3-2-6-20-12/h4-5,7-8,12H,2-3,6,9H2,1H3,(H2,17,18,22)/t12-/m1/s1. The number of thiocarbonyl (C=S) groups is 1. The number of nitrogens with one attached hydrogen (secondary N) is 2. The first kappa shape index (κ1) is 15.0. The molecule has 0 bridgehead atoms. The molecule has 0 saturated carbocycles. The predicted octanol–water partition coefficient (Wildman–Crippen LogP) is 2.57. The summed E-state index contributed by atoms with van der Waals surface area (Å²) in [6.45, 7) is 3.42. The minimum atomic E-state index is -0.346. The highest BCUT2D eigenvalue weighted by Crippen LogP contribution is 2.20. The molecule has 1 saturated heterocycles. The average Bonchev–Trinajstić information content (AvgIpc) is 2.98. The quantitative estimate of drug-likeness (QED) is 0.670. The summed E-state index contributed by atoms with van der Waals surface area (Å²) in [4.78, 5) is 11.4. The number of anilines is 1. The van der Waals surface area contributed by atoms with Crippen molar-refractivity contribution in [3.63, 3.8) is 0 Å². The lowest BCUT2D eigenvalue weighted by atomic mass is 10.1. The average molecular weight is 318 g/mol. The molecular weight excluding hydrogens is 300 g/mol. The van der Waals surface area contributed by atoms with Gasteiger partial charge in [0.15, 0.2) is 5.11 Å². The van der Waals surface area contributed by atoms with E-state index >= 15 is 0 Å². The Labute approximate surface area is 133 Å². The Balaban J connectivity index is 1.68. The molecule has 3 rings (SSSR count). The van der Waals surface area contributed by atoms with Crippen molar-refractivity contribution in [1.29, 1.82) is 0 Å². The zero-order chi connectivity index (χ0) is 15.5. The minimum absolute atomic E-state index is 0.233. The van der Waals surface area contributed by atoms with Gasteiger partial charge in [-0.1, -0.05) is 0 Å². The van der Waals surface area contributed by atoms with Crippen LogP contribution in [0.25, 0.3) is 11.0 Å². The zero-order valence-corrected chi connectivity index (χ0v) is 13.2. The van der Waals surface area contributed by atoms with Crippen LogP contribution >= 0.6 is 12.2 Å². The molecule has 5 nitrogen and oxygen atoms in total. The summed E-state index contributed by atoms with van der Waals surface area (Å²) < 4.78 is 10.8. The molecule has 0 amide bonds. The fourth-order valence-corrected chi connectivity index (χ4v) is 2.79. The second-order valence-electron chi connectivity index (χ2n) is 5.43. The normalized spacial score (nSPS) is 17.6. The van der Waals surface area contributed by atoms with Crippen LogP contribution in [-0.4, -0.2) is 24.4 Å². The molecule has 1 aliphatic rings. The van der Waals surface area contributed by atoms with E-state index in [9.17, 15) is 4.79 Å². The SMILES string of the molecule is Cc1cc(=O)oc2cc(NC(=S)NC[C@H]3CCCO3)ccc12. The third-order valence-corrected chi connectivity index (χ3v) is 3.97. The Bertz CT molecular complexity index is 751. The van der Waals surface area contributed by atoms with Crippen LogP contribution < -0.4 is 16.3 Å². The Hall–Kier alpha value is -1.92. The van der Waals surface area contributed by atoms with E-state index < -0.39 is 0 Å². The van der Waals surface area contributed by atoms with Gasteiger partial charge < -0.3 is 19.8 Å². The number of ether oxygens (including phenoxy) is 1. The van der Waals surface area contributed by atoms with Crippen molar-refractivity contribution >= 4 is 34.0 Å². The van der Waals surface area contributed by atoms with Crippen molar-refractivity contribution in [2.24, 2.45) is 0 Å². The molecule has 116 valence electrons. The summed E-state index contributed by atoms with van der Waals surface area (Å²) in [5, 5.41) is 7.70. The van der Waals surface area contributed by atoms with Crippen molar-refractivity contribution in [3.05, 3.63) is 40.2 Å². The van der Waals surface area contributed by atoms with Gasteiger partial charge in [0.1, 0.15) is 5.58 Å². The van der Waals surface area contributed by atoms with Gasteiger partial charge >= 0.3 is 5.63 Å². The number of hydrogen-bond donors (Lipinski definition) is 2. The molecule has 0 radical (unpaired) electrons. The topological polar surface area (TPSA) is 63.5 Å². The number of fused-ring (bicyclic) bond motifs is 1. The Morgan fingerprint density at radius 1 is 1.41 bits per heavy atom. The molecular formula is C16H18N2O3S. The van der Waals surface area contributed by atoms with Crippen molar-refractivity contribution in [2.45, 2.75) is 25.9 Å². The lowest BCUT2D eigenvalue weighted by molar-refractivity contribution is 0.114. The van der Waals surface area contributed by atoms with Gasteiger partial charge in [0.25, 0.3) is 0 Å². The molecule has 2 heterocycles. The van der Waals surface area contributed by atoms with E-state index in [-0.39, 0.29) is 11.7 Å². The van der Waals surface area contributed by atoms with E-state index in [0.717, 1.165) is 36.1 Å². The summed E-state index contributed by atoms with van der Waals surface area (Å²) in [5.74, 6) is 0. The molecule has 0 aliphatic carbocycles. The molecule has 0 unspecified atom stereocenters. The molecule has 1 atom stereocenters. The van der Waals surface area contributed by atoms with E-state index in [1.165, 1.54) is 6.07 Å². The number of benzene rings is 1. The first-order valence-electron chi connectivity index (χ1n) is 7.33. The van der Waals surface area contributed by atoms with Gasteiger partial charge in [0, 0.05) is 36.4 Å². The third-order valence-electron chi connectivity index (χ3n) is 3.72. The van der Waals surface area contributed by atoms with Crippen molar-refractivity contribution in [1.82, 2.24) is 5.32 Å². The van der Waals surface area contributed by atoms with Crippen molar-refractivity contribution in [2.75, 3.05) is 18.5 Å². The second kappa shape index (κ2) is 6.46. The van der Waals surface area contributed by atoms with Crippen molar-refractivity contribution in [3.8, 4) is 0 Å². The van der Waals surface area contributed by atoms with E-state index in [4.69, 9.17) is 21.4 Å². The van der Waals surface area contributed by atoms with Crippen LogP contribution in [0.5, 0.6) is 0 Å². The first-order chi connectivity index (χ1) is 10.6. The van der Waals surface area contributed by atoms with Gasteiger partial charge in [-0.15, -0.1) is 0 Å². The molecule has 1 fully saturated rings. The minimum Gasteiger partial charge on any atom is -0.423 e. The summed E-state index contributed by atoms with van der Waals surface area (Å²) in [6.07, 6.45) is 2.41. The lowest BCUT2D eigenvalue weighted by Gasteiger charge is -2.14. The smallest absolute Gasteiger partial charge is 0.336 e. The summed E-state index contributed by atoms with van der Waals surface area (Å²) in [7, 11) is 0. The molecule has 1 aliphatic heterocycles. The van der Waals surface area contributed by atoms with Crippen LogP contribution in [0.3, 0.4) is 0 Å². The summed E-state index contributed by atoms with van der Waals surface area (Å²) in [5.41, 5.74) is 1.89. The monoisotopic (exact) mass is 318 g/mol. The molecule has 1 aromatic heterocycles. The number of aryl methyl sites for hydroxylation is 1. The Morgan fingerprint density at radius 2 is 2.27 bits per heavy atom. The highest BCUT2D eigenvalue weighted by atomic mass is 32.1. The van der Waals surface area contributed by atoms with Gasteiger partial charge in [-0.3, -0.25) is 0 Å². The van der Waals surface area contributed by atoms with Gasteiger partial charge in [0.2, 0.25) is 0 Å². The third kappa shape index (κ3) is 3.45. The zero-order valence-electron chi connectivity index (χ0n) is 12.3. The summed E-state index contributed by atoms with van der Waals surface area (Å²) in [6, 6.07) is 7.10. The molecule has 2 N–H and O–H groups in total. The van der Waals surface area contributed by atoms with Crippen molar-refractivity contribution < 1.29 is 9.15 Å². The maximum absolute atomic E-state index is 11.4. The van der Waals surface area contributed by atoms with Gasteiger partial charge in [-0.25, -0.2) is 4.79 Å². The van der Waals surface area contributed by atoms with Crippen LogP contribution in [0.15, 0.2) is 33.5 Å². The first-order valence-corrected chi connectivity index (χ1v) is 7.73. The molecule has 6 heteroatoms. The lowest BCUT2D eigenvalue weighted by Crippen LogP contribution is -2.34. The predicted molar refractivity (Wildman–Crippen MR) is 90.4 cm³/mol. The van der Waals surface area contributed by atoms with E-state index in [1.54, 1.807) is 6.07 Å². The van der Waals surface area contributed by atoms with Crippen LogP contribution in [-0.2, 0) is 4.74 Å². The molecule has 2 aromatic rings. The highest BCUT2D eigenvalue weighted by Gasteiger charge is 2.15. The van der Waals surface area contributed by atoms with Crippen LogP contribution in [0.4, 0.5) is 5.69 Å². The van der Waals surface area contributed by atoms with E-state index in [0.29, 0.717) is 17.2 Å². The van der Waals surface area contributed by atoms with Gasteiger partial charge in [-0.2, -0.15) is 0 Å². The fourth-order valence-electron chi connectivity index (χ4n) is 2.59. The maximum Gasteiger partial charge on any atom is 0.336 e. The highest BCUT2D eigenvalue weighted by molar-refractivity contribution is 7.80. The van der Waals surface area contributed by atoms with Gasteiger partial charge in [0.05, 0.1) is 6.10 Å². The Morgan fingerprint density at radius 3 is 3.05 bits per heavy atom. The Kier molecular flexibility index (Phi) is 4.40. The van der Waals surface area contributed by atoms with Gasteiger partial charge in [-0.05, 0) is 49.7 Å². The fraction of sp³-hybridized carbons (Fsp3) is 0.375. The second-order valence-corrected chi connectivity index (χ2v) is 5.84. The molecule has 1 aromatic carbocycles. The number of rotatable bonds is 3. The van der Waals surface area contributed by atoms with Crippen LogP contribution in [0.1, 0.15) is 18.4 Å². The maximum atomic E-state index is 11.4. The largest absolute Gasteiger partial charge is 0.423 e. The van der Waals surface area contributed by atoms with Crippen LogP contribution in [0, 0.1) is 6.92 Å². The van der Waals surface area contributed by atoms with E-state index in [2.05, 4.69) is 10.6 Å². The van der Waals surface area contributed by atoms with E-state index in [1.807, 2.05) is 19.1 Å². The number of hydrogen-bond acceptors (Lipinski definition) is 4. The molecule has 0 spiro atoms. The molecule has 22 heavy (non-hydrogen) atoms. The summed E-state index contributed by atoms with van der Waals surface area (Å²) >= 11 is 5.27.